The van der Waals surface area contributed by atoms with Gasteiger partial charge in [0.1, 0.15) is 5.15 Å². The Morgan fingerprint density at radius 2 is 1.95 bits per heavy atom. The Hall–Kier alpha value is -2.95. The van der Waals surface area contributed by atoms with Crippen molar-refractivity contribution in [2.24, 2.45) is 11.3 Å². The van der Waals surface area contributed by atoms with E-state index in [-0.39, 0.29) is 29.2 Å². The van der Waals surface area contributed by atoms with Gasteiger partial charge in [0.2, 0.25) is 0 Å². The Kier molecular flexibility index (Phi) is 7.50. The summed E-state index contributed by atoms with van der Waals surface area (Å²) in [5.41, 5.74) is 0.243. The van der Waals surface area contributed by atoms with Crippen LogP contribution in [0, 0.1) is 11.3 Å². The van der Waals surface area contributed by atoms with E-state index in [2.05, 4.69) is 10.3 Å². The SMILES string of the molecule is O=C(OC(=O)N1CCC(O)C2(CCC[C@@H]2Cn2cnc(Cl)cc2=O)C1)N1CCNC(c2ccccc2)C1. The lowest BCUT2D eigenvalue weighted by Gasteiger charge is -2.47. The van der Waals surface area contributed by atoms with Crippen molar-refractivity contribution in [3.05, 3.63) is 63.8 Å². The third kappa shape index (κ3) is 5.37. The van der Waals surface area contributed by atoms with Crippen molar-refractivity contribution < 1.29 is 19.4 Å². The molecular formula is C26H32ClN5O5. The van der Waals surface area contributed by atoms with E-state index in [1.807, 2.05) is 30.3 Å². The fourth-order valence-electron chi connectivity index (χ4n) is 6.16. The molecule has 1 aromatic heterocycles. The van der Waals surface area contributed by atoms with Gasteiger partial charge in [-0.1, -0.05) is 48.4 Å². The molecule has 1 spiro atoms. The highest BCUT2D eigenvalue weighted by Gasteiger charge is 2.52. The third-order valence-corrected chi connectivity index (χ3v) is 8.37. The maximum atomic E-state index is 13.1. The van der Waals surface area contributed by atoms with Crippen molar-refractivity contribution in [1.29, 1.82) is 0 Å². The van der Waals surface area contributed by atoms with E-state index < -0.39 is 23.7 Å². The summed E-state index contributed by atoms with van der Waals surface area (Å²) in [6.07, 6.45) is 2.26. The van der Waals surface area contributed by atoms with Crippen LogP contribution >= 0.6 is 11.6 Å². The summed E-state index contributed by atoms with van der Waals surface area (Å²) in [7, 11) is 0. The maximum absolute atomic E-state index is 13.1. The number of carbonyl (C=O) groups is 2. The maximum Gasteiger partial charge on any atom is 0.418 e. The van der Waals surface area contributed by atoms with Crippen molar-refractivity contribution >= 4 is 23.8 Å². The summed E-state index contributed by atoms with van der Waals surface area (Å²) < 4.78 is 6.83. The number of piperazine rings is 1. The van der Waals surface area contributed by atoms with Gasteiger partial charge in [-0.15, -0.1) is 0 Å². The van der Waals surface area contributed by atoms with Gasteiger partial charge in [-0.05, 0) is 30.7 Å². The Labute approximate surface area is 220 Å². The molecule has 0 radical (unpaired) electrons. The van der Waals surface area contributed by atoms with Crippen molar-refractivity contribution in [3.63, 3.8) is 0 Å². The second kappa shape index (κ2) is 10.8. The van der Waals surface area contributed by atoms with Crippen LogP contribution in [0.3, 0.4) is 0 Å². The molecule has 10 nitrogen and oxygen atoms in total. The van der Waals surface area contributed by atoms with E-state index >= 15 is 0 Å². The van der Waals surface area contributed by atoms with Gasteiger partial charge in [-0.2, -0.15) is 0 Å². The first-order chi connectivity index (χ1) is 17.9. The number of amides is 2. The number of benzene rings is 1. The average molecular weight is 530 g/mol. The zero-order valence-electron chi connectivity index (χ0n) is 20.6. The molecule has 2 saturated heterocycles. The highest BCUT2D eigenvalue weighted by molar-refractivity contribution is 6.29. The molecule has 198 valence electrons. The van der Waals surface area contributed by atoms with E-state index in [1.54, 1.807) is 4.90 Å². The number of halogens is 1. The lowest BCUT2D eigenvalue weighted by Crippen LogP contribution is -2.56. The summed E-state index contributed by atoms with van der Waals surface area (Å²) in [4.78, 5) is 45.5. The van der Waals surface area contributed by atoms with E-state index in [0.29, 0.717) is 39.1 Å². The fourth-order valence-corrected chi connectivity index (χ4v) is 6.29. The molecule has 0 bridgehead atoms. The number of piperidine rings is 1. The number of aliphatic hydroxyl groups is 1. The van der Waals surface area contributed by atoms with E-state index in [1.165, 1.54) is 21.9 Å². The van der Waals surface area contributed by atoms with Gasteiger partial charge >= 0.3 is 12.2 Å². The minimum Gasteiger partial charge on any atom is -0.392 e. The quantitative estimate of drug-likeness (QED) is 0.463. The van der Waals surface area contributed by atoms with Crippen LogP contribution in [-0.2, 0) is 11.3 Å². The normalized spacial score (nSPS) is 27.9. The molecule has 3 heterocycles. The summed E-state index contributed by atoms with van der Waals surface area (Å²) in [6, 6.07) is 11.1. The topological polar surface area (TPSA) is 117 Å². The average Bonchev–Trinajstić information content (AvgIpc) is 3.30. The molecule has 2 aliphatic heterocycles. The van der Waals surface area contributed by atoms with Crippen LogP contribution in [0.15, 0.2) is 47.5 Å². The van der Waals surface area contributed by atoms with Crippen molar-refractivity contribution in [2.75, 3.05) is 32.7 Å². The van der Waals surface area contributed by atoms with Gasteiger partial charge in [0.05, 0.1) is 18.5 Å². The highest BCUT2D eigenvalue weighted by atomic mass is 35.5. The number of ether oxygens (including phenoxy) is 1. The zero-order chi connectivity index (χ0) is 26.0. The number of hydrogen-bond donors (Lipinski definition) is 2. The van der Waals surface area contributed by atoms with Gasteiger partial charge < -0.3 is 25.0 Å². The molecule has 1 saturated carbocycles. The monoisotopic (exact) mass is 529 g/mol. The number of aliphatic hydroxyl groups excluding tert-OH is 1. The second-order valence-electron chi connectivity index (χ2n) is 10.2. The first-order valence-electron chi connectivity index (χ1n) is 12.8. The van der Waals surface area contributed by atoms with E-state index in [0.717, 1.165) is 24.8 Å². The number of nitrogens with one attached hydrogen (secondary N) is 1. The molecule has 11 heteroatoms. The Morgan fingerprint density at radius 1 is 1.16 bits per heavy atom. The molecule has 37 heavy (non-hydrogen) atoms. The number of aromatic nitrogens is 2. The van der Waals surface area contributed by atoms with Crippen LogP contribution in [0.2, 0.25) is 5.15 Å². The van der Waals surface area contributed by atoms with Gasteiger partial charge in [0.25, 0.3) is 5.56 Å². The standard InChI is InChI=1S/C26H32ClN5O5/c27-22-13-23(34)32(17-29-22)14-19-7-4-9-26(19)16-31(11-8-21(26)33)25(36)37-24(35)30-12-10-28-20(15-30)18-5-2-1-3-6-18/h1-3,5-6,13,17,19-21,28,33H,4,7-12,14-16H2/t19-,20?,21?,26?/m1/s1. The van der Waals surface area contributed by atoms with E-state index in [4.69, 9.17) is 16.3 Å². The molecule has 2 N–H and O–H groups in total. The number of likely N-dealkylation sites (tertiary alicyclic amines) is 1. The molecule has 5 rings (SSSR count). The Balaban J connectivity index is 1.24. The van der Waals surface area contributed by atoms with Gasteiger partial charge in [-0.3, -0.25) is 9.36 Å². The van der Waals surface area contributed by atoms with Crippen molar-refractivity contribution in [1.82, 2.24) is 24.7 Å². The number of hydrogen-bond acceptors (Lipinski definition) is 7. The largest absolute Gasteiger partial charge is 0.418 e. The van der Waals surface area contributed by atoms with Crippen LogP contribution in [0.25, 0.3) is 0 Å². The molecule has 1 aliphatic carbocycles. The molecule has 2 aromatic rings. The molecule has 3 aliphatic rings. The second-order valence-corrected chi connectivity index (χ2v) is 10.6. The van der Waals surface area contributed by atoms with Crippen molar-refractivity contribution in [3.8, 4) is 0 Å². The molecule has 2 amide bonds. The first kappa shape index (κ1) is 25.7. The molecule has 4 atom stereocenters. The molecular weight excluding hydrogens is 498 g/mol. The minimum atomic E-state index is -0.693. The summed E-state index contributed by atoms with van der Waals surface area (Å²) in [5.74, 6) is -0.0331. The first-order valence-corrected chi connectivity index (χ1v) is 13.2. The zero-order valence-corrected chi connectivity index (χ0v) is 21.3. The van der Waals surface area contributed by atoms with Gasteiger partial charge in [-0.25, -0.2) is 14.6 Å². The van der Waals surface area contributed by atoms with Crippen LogP contribution in [0.4, 0.5) is 9.59 Å². The van der Waals surface area contributed by atoms with Crippen LogP contribution < -0.4 is 10.9 Å². The van der Waals surface area contributed by atoms with Gasteiger partial charge in [0.15, 0.2) is 0 Å². The molecule has 1 aromatic carbocycles. The summed E-state index contributed by atoms with van der Waals surface area (Å²) in [6.45, 7) is 2.41. The fraction of sp³-hybridized carbons (Fsp3) is 0.538. The predicted molar refractivity (Wildman–Crippen MR) is 136 cm³/mol. The lowest BCUT2D eigenvalue weighted by atomic mass is 9.69. The minimum absolute atomic E-state index is 0.0315. The highest BCUT2D eigenvalue weighted by Crippen LogP contribution is 2.50. The number of rotatable bonds is 3. The third-order valence-electron chi connectivity index (χ3n) is 8.16. The van der Waals surface area contributed by atoms with Gasteiger partial charge in [0, 0.05) is 50.7 Å². The number of carbonyl (C=O) groups excluding carboxylic acids is 2. The Morgan fingerprint density at radius 3 is 2.73 bits per heavy atom. The molecule has 3 fully saturated rings. The Bertz CT molecular complexity index is 1190. The summed E-state index contributed by atoms with van der Waals surface area (Å²) >= 11 is 5.83. The van der Waals surface area contributed by atoms with Crippen LogP contribution in [-0.4, -0.2) is 75.5 Å². The van der Waals surface area contributed by atoms with Crippen LogP contribution in [0.5, 0.6) is 0 Å². The predicted octanol–water partition coefficient (Wildman–Crippen LogP) is 2.65. The number of nitrogens with zero attached hydrogens (tertiary/aromatic N) is 4. The van der Waals surface area contributed by atoms with E-state index in [9.17, 15) is 19.5 Å². The molecule has 3 unspecified atom stereocenters. The van der Waals surface area contributed by atoms with Crippen LogP contribution in [0.1, 0.15) is 37.3 Å². The lowest BCUT2D eigenvalue weighted by molar-refractivity contribution is -0.0667. The smallest absolute Gasteiger partial charge is 0.392 e. The van der Waals surface area contributed by atoms with Crippen molar-refractivity contribution in [2.45, 2.75) is 44.4 Å². The summed E-state index contributed by atoms with van der Waals surface area (Å²) in [5, 5.41) is 14.6.